The highest BCUT2D eigenvalue weighted by Gasteiger charge is 2.36. The molecule has 0 saturated heterocycles. The summed E-state index contributed by atoms with van der Waals surface area (Å²) in [5.74, 6) is -5.35. The Balaban J connectivity index is 2.62. The molecule has 0 saturated carbocycles. The fourth-order valence-electron chi connectivity index (χ4n) is 6.69. The summed E-state index contributed by atoms with van der Waals surface area (Å²) in [4.78, 5) is 98.2. The van der Waals surface area contributed by atoms with Crippen molar-refractivity contribution in [2.45, 2.75) is 137 Å². The molecule has 5 N–H and O–H groups in total. The van der Waals surface area contributed by atoms with Crippen molar-refractivity contribution in [3.63, 3.8) is 0 Å². The van der Waals surface area contributed by atoms with Gasteiger partial charge in [0.25, 0.3) is 5.91 Å². The molecule has 1 heterocycles. The lowest BCUT2D eigenvalue weighted by Crippen LogP contribution is -2.58. The molecule has 328 valence electrons. The number of ether oxygens (including phenoxy) is 1. The predicted molar refractivity (Wildman–Crippen MR) is 225 cm³/mol. The Morgan fingerprint density at radius 3 is 2.07 bits per heavy atom. The van der Waals surface area contributed by atoms with E-state index in [0.717, 1.165) is 11.1 Å². The summed E-state index contributed by atoms with van der Waals surface area (Å²) in [6, 6.07) is 4.06. The molecule has 0 aliphatic carbocycles. The van der Waals surface area contributed by atoms with E-state index in [1.54, 1.807) is 58.0 Å². The van der Waals surface area contributed by atoms with Crippen LogP contribution < -0.4 is 21.3 Å². The number of carbonyl (C=O) groups is 7. The number of hydrogen-bond acceptors (Lipinski definition) is 9. The third-order valence-electron chi connectivity index (χ3n) is 11.0. The van der Waals surface area contributed by atoms with Gasteiger partial charge in [-0.3, -0.25) is 28.8 Å². The number of allylic oxidation sites excluding steroid dienone is 1. The fraction of sp³-hybridized carbons (Fsp3) is 0.614. The normalized spacial score (nSPS) is 28.8. The number of aliphatic hydroxyl groups excluding tert-OH is 1. The highest BCUT2D eigenvalue weighted by Crippen LogP contribution is 2.21. The van der Waals surface area contributed by atoms with E-state index in [4.69, 9.17) is 4.74 Å². The zero-order chi connectivity index (χ0) is 44.7. The lowest BCUT2D eigenvalue weighted by atomic mass is 9.88. The summed E-state index contributed by atoms with van der Waals surface area (Å²) in [6.07, 6.45) is 1.82. The summed E-state index contributed by atoms with van der Waals surface area (Å²) in [5, 5.41) is 22.3. The van der Waals surface area contributed by atoms with E-state index in [0.29, 0.717) is 6.42 Å². The smallest absolute Gasteiger partial charge is 0.334 e. The van der Waals surface area contributed by atoms with Gasteiger partial charge in [0.15, 0.2) is 6.10 Å². The molecule has 0 spiro atoms. The quantitative estimate of drug-likeness (QED) is 0.203. The van der Waals surface area contributed by atoms with Crippen LogP contribution in [0.2, 0.25) is 0 Å². The number of aliphatic hydroxyl groups is 1. The molecule has 1 aliphatic heterocycles. The van der Waals surface area contributed by atoms with Crippen LogP contribution >= 0.6 is 0 Å². The first kappa shape index (κ1) is 50.1. The minimum Gasteiger partial charge on any atom is -0.449 e. The van der Waals surface area contributed by atoms with Gasteiger partial charge in [-0.15, -0.1) is 0 Å². The van der Waals surface area contributed by atoms with Gasteiger partial charge in [-0.05, 0) is 64.9 Å². The molecule has 0 radical (unpaired) electrons. The van der Waals surface area contributed by atoms with Crippen molar-refractivity contribution >= 4 is 41.4 Å². The number of nitrogens with one attached hydrogen (secondary N) is 4. The van der Waals surface area contributed by atoms with Gasteiger partial charge in [0.05, 0.1) is 18.7 Å². The Kier molecular flexibility index (Phi) is 20.0. The Morgan fingerprint density at radius 2 is 1.49 bits per heavy atom. The molecule has 0 aromatic heterocycles. The van der Waals surface area contributed by atoms with Gasteiger partial charge in [-0.25, -0.2) is 4.79 Å². The van der Waals surface area contributed by atoms with Crippen LogP contribution in [0.1, 0.15) is 94.1 Å². The number of cyclic esters (lactones) is 1. The first-order valence-electron chi connectivity index (χ1n) is 20.6. The van der Waals surface area contributed by atoms with Gasteiger partial charge < -0.3 is 40.9 Å². The lowest BCUT2D eigenvalue weighted by molar-refractivity contribution is -0.154. The van der Waals surface area contributed by atoms with E-state index in [1.165, 1.54) is 50.7 Å². The number of hydrogen-bond donors (Lipinski definition) is 5. The number of benzene rings is 1. The topological polar surface area (TPSA) is 204 Å². The summed E-state index contributed by atoms with van der Waals surface area (Å²) < 4.78 is 5.68. The Labute approximate surface area is 350 Å². The minimum absolute atomic E-state index is 0.0189. The van der Waals surface area contributed by atoms with Gasteiger partial charge in [0.1, 0.15) is 24.2 Å². The second-order valence-corrected chi connectivity index (χ2v) is 16.3. The number of carbonyl (C=O) groups excluding carboxylic acids is 7. The molecule has 6 amide bonds. The van der Waals surface area contributed by atoms with Crippen molar-refractivity contribution in [2.24, 2.45) is 17.8 Å². The highest BCUT2D eigenvalue weighted by molar-refractivity contribution is 5.96. The van der Waals surface area contributed by atoms with Crippen molar-refractivity contribution in [2.75, 3.05) is 20.6 Å². The van der Waals surface area contributed by atoms with Crippen LogP contribution in [0, 0.1) is 17.8 Å². The number of likely N-dealkylation sites (N-methyl/N-ethyl adjacent to an activating group) is 2. The number of rotatable bonds is 7. The van der Waals surface area contributed by atoms with Gasteiger partial charge in [0.2, 0.25) is 29.5 Å². The second kappa shape index (κ2) is 23.5. The van der Waals surface area contributed by atoms with Gasteiger partial charge in [-0.2, -0.15) is 0 Å². The van der Waals surface area contributed by atoms with Gasteiger partial charge in [0, 0.05) is 32.0 Å². The van der Waals surface area contributed by atoms with E-state index in [1.807, 2.05) is 26.8 Å². The second-order valence-electron chi connectivity index (χ2n) is 16.3. The van der Waals surface area contributed by atoms with Crippen molar-refractivity contribution in [3.05, 3.63) is 59.2 Å². The first-order valence-corrected chi connectivity index (χ1v) is 20.6. The van der Waals surface area contributed by atoms with Gasteiger partial charge in [-0.1, -0.05) is 89.1 Å². The van der Waals surface area contributed by atoms with E-state index < -0.39 is 96.3 Å². The largest absolute Gasteiger partial charge is 0.449 e. The third-order valence-corrected chi connectivity index (χ3v) is 11.0. The molecule has 59 heavy (non-hydrogen) atoms. The molecule has 1 aromatic carbocycles. The zero-order valence-corrected chi connectivity index (χ0v) is 37.0. The average molecular weight is 825 g/mol. The minimum atomic E-state index is -1.25. The maximum Gasteiger partial charge on any atom is 0.334 e. The molecular weight excluding hydrogens is 757 g/mol. The van der Waals surface area contributed by atoms with E-state index in [2.05, 4.69) is 21.3 Å². The van der Waals surface area contributed by atoms with Crippen molar-refractivity contribution in [1.29, 1.82) is 0 Å². The average Bonchev–Trinajstić information content (AvgIpc) is 3.20. The summed E-state index contributed by atoms with van der Waals surface area (Å²) in [6.45, 7) is 16.8. The van der Waals surface area contributed by atoms with Crippen LogP contribution in [-0.2, 0) is 44.7 Å². The zero-order valence-electron chi connectivity index (χ0n) is 37.0. The van der Waals surface area contributed by atoms with Crippen LogP contribution in [-0.4, -0.2) is 119 Å². The Morgan fingerprint density at radius 1 is 0.881 bits per heavy atom. The maximum absolute atomic E-state index is 14.1. The van der Waals surface area contributed by atoms with Crippen LogP contribution in [0.5, 0.6) is 0 Å². The molecule has 9 atom stereocenters. The maximum atomic E-state index is 14.1. The molecular formula is C44H68N6O9. The van der Waals surface area contributed by atoms with Crippen molar-refractivity contribution in [1.82, 2.24) is 31.1 Å². The monoisotopic (exact) mass is 825 g/mol. The van der Waals surface area contributed by atoms with Crippen molar-refractivity contribution in [3.8, 4) is 0 Å². The Bertz CT molecular complexity index is 1700. The summed E-state index contributed by atoms with van der Waals surface area (Å²) in [5.41, 5.74) is 1.65. The molecule has 15 heteroatoms. The van der Waals surface area contributed by atoms with E-state index in [9.17, 15) is 38.7 Å². The molecule has 1 aromatic rings. The van der Waals surface area contributed by atoms with Crippen LogP contribution in [0.4, 0.5) is 0 Å². The molecule has 1 aliphatic rings. The molecule has 0 bridgehead atoms. The van der Waals surface area contributed by atoms with Crippen LogP contribution in [0.3, 0.4) is 0 Å². The van der Waals surface area contributed by atoms with E-state index in [-0.39, 0.29) is 36.7 Å². The van der Waals surface area contributed by atoms with Crippen molar-refractivity contribution < 1.29 is 43.4 Å². The number of amides is 6. The third kappa shape index (κ3) is 14.9. The van der Waals surface area contributed by atoms with Gasteiger partial charge >= 0.3 is 5.97 Å². The molecule has 2 rings (SSSR count). The fourth-order valence-corrected chi connectivity index (χ4v) is 6.69. The molecule has 0 fully saturated rings. The lowest BCUT2D eigenvalue weighted by Gasteiger charge is -2.33. The van der Waals surface area contributed by atoms with Crippen LogP contribution in [0.15, 0.2) is 53.6 Å². The summed E-state index contributed by atoms with van der Waals surface area (Å²) >= 11 is 0. The SMILES string of the molecule is C/C=C(\C)[C@H]1NC(=O)[C@@H](C)NC(=O)C(C(C)CC)NC(=O)CN(C)C(=O)[C@@H](Cc2ccccc2)N(C)C(=O)[C@H](C)NC(=O)[C@@H](CC(C)C)OC(=O)/C(C)=C/C[C@@H](O)[C@@H]1C. The predicted octanol–water partition coefficient (Wildman–Crippen LogP) is 2.81. The standard InChI is InChI=1S/C44H68N6O9/c1-13-26(5)37-29(8)34(51)21-20-28(7)44(58)59-35(22-25(3)4)40(54)46-31(10)42(56)50(12)33(23-32-18-16-15-17-19-32)43(57)49(11)24-36(52)47-38(27(6)14-2)41(55)45-30(9)39(53)48-37/h13,15-20,25,27,29-31,33-35,37-38,51H,14,21-24H2,1-12H3,(H,45,55)(H,46,54)(H,47,52)(H,48,53)/b26-13+,28-20+/t27?,29-,30+,31-,33+,34+,35+,37+,38?/m0/s1. The number of nitrogens with zero attached hydrogens (tertiary/aromatic N) is 2. The molecule has 2 unspecified atom stereocenters. The summed E-state index contributed by atoms with van der Waals surface area (Å²) in [7, 11) is 2.86. The molecule has 15 nitrogen and oxygen atoms in total. The first-order chi connectivity index (χ1) is 27.6. The Hall–Kier alpha value is -5.05. The number of esters is 1. The van der Waals surface area contributed by atoms with E-state index >= 15 is 0 Å². The van der Waals surface area contributed by atoms with Crippen LogP contribution in [0.25, 0.3) is 0 Å². The highest BCUT2D eigenvalue weighted by atomic mass is 16.5.